The van der Waals surface area contributed by atoms with E-state index in [1.54, 1.807) is 12.1 Å². The second-order valence-corrected chi connectivity index (χ2v) is 11.9. The number of carboxylic acid groups (broad SMARTS) is 1. The molecule has 0 spiro atoms. The molecule has 0 aromatic heterocycles. The van der Waals surface area contributed by atoms with Crippen LogP contribution in [-0.4, -0.2) is 34.3 Å². The number of hydrogen-bond donors (Lipinski definition) is 2. The molecule has 1 aliphatic heterocycles. The summed E-state index contributed by atoms with van der Waals surface area (Å²) < 4.78 is 0. The van der Waals surface area contributed by atoms with Gasteiger partial charge < -0.3 is 15.3 Å². The third kappa shape index (κ3) is 7.03. The Kier molecular flexibility index (Phi) is 9.81. The highest BCUT2D eigenvalue weighted by atomic mass is 35.5. The molecule has 1 heterocycles. The molecule has 5 rings (SSSR count). The lowest BCUT2D eigenvalue weighted by Crippen LogP contribution is -2.34. The number of carbonyl (C=O) groups is 3. The van der Waals surface area contributed by atoms with Crippen LogP contribution in [0.1, 0.15) is 76.2 Å². The van der Waals surface area contributed by atoms with Crippen molar-refractivity contribution in [3.8, 4) is 11.1 Å². The van der Waals surface area contributed by atoms with Gasteiger partial charge in [0.15, 0.2) is 0 Å². The van der Waals surface area contributed by atoms with Crippen LogP contribution < -0.4 is 5.32 Å². The highest BCUT2D eigenvalue weighted by molar-refractivity contribution is 6.30. The maximum Gasteiger partial charge on any atom is 0.305 e. The summed E-state index contributed by atoms with van der Waals surface area (Å²) in [5.41, 5.74) is 8.22. The van der Waals surface area contributed by atoms with E-state index in [1.165, 1.54) is 16.7 Å². The van der Waals surface area contributed by atoms with E-state index in [0.717, 1.165) is 35.1 Å². The molecule has 2 N–H and O–H groups in total. The zero-order valence-corrected chi connectivity index (χ0v) is 25.8. The molecular weight excluding hydrogens is 572 g/mol. The quantitative estimate of drug-likeness (QED) is 0.182. The number of nitrogens with one attached hydrogen (secondary N) is 1. The summed E-state index contributed by atoms with van der Waals surface area (Å²) in [6, 6.07) is 29.7. The molecule has 1 aliphatic rings. The van der Waals surface area contributed by atoms with Gasteiger partial charge in [-0.3, -0.25) is 14.4 Å². The number of carboxylic acids is 1. The van der Waals surface area contributed by atoms with E-state index >= 15 is 0 Å². The van der Waals surface area contributed by atoms with Crippen molar-refractivity contribution in [2.45, 2.75) is 58.0 Å². The van der Waals surface area contributed by atoms with Crippen LogP contribution in [-0.2, 0) is 22.7 Å². The molecule has 4 aromatic rings. The van der Waals surface area contributed by atoms with Gasteiger partial charge in [0.05, 0.1) is 12.3 Å². The highest BCUT2D eigenvalue weighted by Gasteiger charge is 2.36. The van der Waals surface area contributed by atoms with Gasteiger partial charge in [-0.25, -0.2) is 0 Å². The Labute approximate surface area is 263 Å². The molecular formula is C37H37ClN2O4. The molecule has 44 heavy (non-hydrogen) atoms. The molecule has 0 fully saturated rings. The van der Waals surface area contributed by atoms with Crippen LogP contribution in [0.4, 0.5) is 0 Å². The van der Waals surface area contributed by atoms with E-state index in [0.29, 0.717) is 23.7 Å². The fourth-order valence-corrected chi connectivity index (χ4v) is 6.26. The lowest BCUT2D eigenvalue weighted by atomic mass is 9.77. The van der Waals surface area contributed by atoms with Crippen molar-refractivity contribution in [1.29, 1.82) is 0 Å². The number of amides is 2. The van der Waals surface area contributed by atoms with E-state index in [-0.39, 0.29) is 30.7 Å². The minimum absolute atomic E-state index is 0.0617. The molecule has 2 atom stereocenters. The molecule has 0 saturated carbocycles. The van der Waals surface area contributed by atoms with E-state index in [4.69, 9.17) is 16.7 Å². The van der Waals surface area contributed by atoms with Crippen LogP contribution in [0.2, 0.25) is 5.02 Å². The second-order valence-electron chi connectivity index (χ2n) is 11.4. The van der Waals surface area contributed by atoms with Crippen molar-refractivity contribution in [3.05, 3.63) is 129 Å². The Balaban J connectivity index is 1.42. The Hall–Kier alpha value is -4.42. The first-order valence-corrected chi connectivity index (χ1v) is 15.4. The number of aryl methyl sites for hydroxylation is 1. The average molecular weight is 609 g/mol. The number of fused-ring (bicyclic) bond motifs is 1. The highest BCUT2D eigenvalue weighted by Crippen LogP contribution is 2.40. The van der Waals surface area contributed by atoms with Gasteiger partial charge in [-0.1, -0.05) is 85.6 Å². The van der Waals surface area contributed by atoms with E-state index in [2.05, 4.69) is 49.5 Å². The van der Waals surface area contributed by atoms with Gasteiger partial charge in [-0.05, 0) is 88.5 Å². The number of aliphatic carboxylic acids is 1. The SMILES string of the molecule is CCCC(c1ccc(C(=O)NCCC(=O)O)cc1)C(C(=O)N1Cc2ccc(-c3ccccc3C)cc2C1)c1ccc(Cl)cc1. The van der Waals surface area contributed by atoms with E-state index in [9.17, 15) is 14.4 Å². The van der Waals surface area contributed by atoms with Gasteiger partial charge in [0.1, 0.15) is 0 Å². The first-order valence-electron chi connectivity index (χ1n) is 15.1. The van der Waals surface area contributed by atoms with Gasteiger partial charge >= 0.3 is 5.97 Å². The topological polar surface area (TPSA) is 86.7 Å². The Bertz CT molecular complexity index is 1650. The summed E-state index contributed by atoms with van der Waals surface area (Å²) in [5.74, 6) is -1.78. The van der Waals surface area contributed by atoms with Crippen LogP contribution in [0.3, 0.4) is 0 Å². The number of carbonyl (C=O) groups excluding carboxylic acids is 2. The predicted molar refractivity (Wildman–Crippen MR) is 174 cm³/mol. The standard InChI is InChI=1S/C37H37ClN2O4/c1-3-6-33(25-9-11-27(12-10-25)36(43)39-20-19-34(41)42)35(26-15-17-31(38)18-16-26)37(44)40-22-29-14-13-28(21-30(29)23-40)32-8-5-4-7-24(32)2/h4-5,7-18,21,33,35H,3,6,19-20,22-23H2,1-2H3,(H,39,43)(H,41,42). The fraction of sp³-hybridized carbons (Fsp3) is 0.270. The van der Waals surface area contributed by atoms with Gasteiger partial charge in [-0.15, -0.1) is 0 Å². The van der Waals surface area contributed by atoms with Gasteiger partial charge in [0, 0.05) is 30.2 Å². The summed E-state index contributed by atoms with van der Waals surface area (Å²) in [4.78, 5) is 39.9. The minimum Gasteiger partial charge on any atom is -0.481 e. The monoisotopic (exact) mass is 608 g/mol. The normalized spacial score (nSPS) is 13.7. The first kappa shape index (κ1) is 31.0. The molecule has 2 unspecified atom stereocenters. The van der Waals surface area contributed by atoms with Gasteiger partial charge in [-0.2, -0.15) is 0 Å². The smallest absolute Gasteiger partial charge is 0.305 e. The third-order valence-corrected chi connectivity index (χ3v) is 8.67. The van der Waals surface area contributed by atoms with Crippen LogP contribution in [0.25, 0.3) is 11.1 Å². The Morgan fingerprint density at radius 2 is 1.57 bits per heavy atom. The molecule has 7 heteroatoms. The van der Waals surface area contributed by atoms with E-state index < -0.39 is 11.9 Å². The summed E-state index contributed by atoms with van der Waals surface area (Å²) >= 11 is 6.25. The van der Waals surface area contributed by atoms with Crippen molar-refractivity contribution < 1.29 is 19.5 Å². The maximum atomic E-state index is 14.5. The number of rotatable bonds is 11. The fourth-order valence-electron chi connectivity index (χ4n) is 6.13. The molecule has 4 aromatic carbocycles. The summed E-state index contributed by atoms with van der Waals surface area (Å²) in [6.45, 7) is 5.39. The summed E-state index contributed by atoms with van der Waals surface area (Å²) in [7, 11) is 0. The number of benzene rings is 4. The third-order valence-electron chi connectivity index (χ3n) is 8.42. The van der Waals surface area contributed by atoms with Crippen molar-refractivity contribution in [1.82, 2.24) is 10.2 Å². The van der Waals surface area contributed by atoms with Crippen molar-refractivity contribution >= 4 is 29.4 Å². The number of hydrogen-bond acceptors (Lipinski definition) is 3. The van der Waals surface area contributed by atoms with Gasteiger partial charge in [0.25, 0.3) is 5.91 Å². The first-order chi connectivity index (χ1) is 21.2. The predicted octanol–water partition coefficient (Wildman–Crippen LogP) is 7.73. The average Bonchev–Trinajstić information content (AvgIpc) is 3.45. The molecule has 0 aliphatic carbocycles. The molecule has 2 amide bonds. The Morgan fingerprint density at radius 1 is 0.886 bits per heavy atom. The zero-order valence-electron chi connectivity index (χ0n) is 25.1. The zero-order chi connectivity index (χ0) is 31.2. The molecule has 0 bridgehead atoms. The summed E-state index contributed by atoms with van der Waals surface area (Å²) in [5, 5.41) is 12.1. The molecule has 6 nitrogen and oxygen atoms in total. The van der Waals surface area contributed by atoms with Crippen molar-refractivity contribution in [3.63, 3.8) is 0 Å². The summed E-state index contributed by atoms with van der Waals surface area (Å²) in [6.07, 6.45) is 1.52. The molecule has 226 valence electrons. The largest absolute Gasteiger partial charge is 0.481 e. The number of halogens is 1. The maximum absolute atomic E-state index is 14.5. The van der Waals surface area contributed by atoms with Crippen molar-refractivity contribution in [2.75, 3.05) is 6.54 Å². The Morgan fingerprint density at radius 3 is 2.25 bits per heavy atom. The van der Waals surface area contributed by atoms with Crippen LogP contribution in [0.5, 0.6) is 0 Å². The van der Waals surface area contributed by atoms with Crippen LogP contribution in [0, 0.1) is 6.92 Å². The second kappa shape index (κ2) is 13.9. The molecule has 0 radical (unpaired) electrons. The lowest BCUT2D eigenvalue weighted by molar-refractivity contribution is -0.137. The van der Waals surface area contributed by atoms with Crippen LogP contribution >= 0.6 is 11.6 Å². The number of nitrogens with zero attached hydrogens (tertiary/aromatic N) is 1. The van der Waals surface area contributed by atoms with Crippen molar-refractivity contribution in [2.24, 2.45) is 0 Å². The van der Waals surface area contributed by atoms with E-state index in [1.807, 2.05) is 53.4 Å². The van der Waals surface area contributed by atoms with Crippen LogP contribution in [0.15, 0.2) is 91.0 Å². The molecule has 0 saturated heterocycles. The minimum atomic E-state index is -0.964. The lowest BCUT2D eigenvalue weighted by Gasteiger charge is -2.31. The van der Waals surface area contributed by atoms with Gasteiger partial charge in [0.2, 0.25) is 5.91 Å².